The predicted octanol–water partition coefficient (Wildman–Crippen LogP) is 5.15. The number of hydrogen-bond acceptors (Lipinski definition) is 2. The number of nitrogens with zero attached hydrogens (tertiary/aromatic N) is 2. The van der Waals surface area contributed by atoms with Crippen LogP contribution in [0.5, 0.6) is 0 Å². The van der Waals surface area contributed by atoms with Crippen LogP contribution in [-0.2, 0) is 0 Å². The van der Waals surface area contributed by atoms with Crippen LogP contribution in [-0.4, -0.2) is 10.7 Å². The minimum absolute atomic E-state index is 0.325. The number of hydrogen-bond donors (Lipinski definition) is 0. The van der Waals surface area contributed by atoms with E-state index in [2.05, 4.69) is 16.6 Å². The summed E-state index contributed by atoms with van der Waals surface area (Å²) in [5.41, 5.74) is 4.16. The van der Waals surface area contributed by atoms with Gasteiger partial charge in [-0.2, -0.15) is 0 Å². The maximum atomic E-state index is 14.3. The van der Waals surface area contributed by atoms with Crippen LogP contribution in [0.25, 0.3) is 5.57 Å². The van der Waals surface area contributed by atoms with Crippen molar-refractivity contribution >= 4 is 17.0 Å². The van der Waals surface area contributed by atoms with Crippen molar-refractivity contribution in [2.45, 2.75) is 27.7 Å². The van der Waals surface area contributed by atoms with Gasteiger partial charge in [-0.15, -0.1) is 0 Å². The smallest absolute Gasteiger partial charge is 0.149 e. The molecular weight excluding hydrogens is 282 g/mol. The zero-order chi connectivity index (χ0) is 16.4. The summed E-state index contributed by atoms with van der Waals surface area (Å²) in [6, 6.07) is 4.54. The Morgan fingerprint density at radius 3 is 2.41 bits per heavy atom. The van der Waals surface area contributed by atoms with E-state index in [9.17, 15) is 8.78 Å². The van der Waals surface area contributed by atoms with Gasteiger partial charge in [0.2, 0.25) is 0 Å². The first-order valence-corrected chi connectivity index (χ1v) is 6.93. The van der Waals surface area contributed by atoms with Crippen LogP contribution in [0.2, 0.25) is 0 Å². The van der Waals surface area contributed by atoms with Gasteiger partial charge in [-0.25, -0.2) is 8.78 Å². The molecule has 0 aliphatic rings. The molecule has 114 valence electrons. The summed E-state index contributed by atoms with van der Waals surface area (Å²) < 4.78 is 27.7. The summed E-state index contributed by atoms with van der Waals surface area (Å²) in [6.07, 6.45) is 1.15. The third kappa shape index (κ3) is 3.27. The predicted molar refractivity (Wildman–Crippen MR) is 86.6 cm³/mol. The second kappa shape index (κ2) is 6.18. The Kier molecular flexibility index (Phi) is 4.50. The lowest BCUT2D eigenvalue weighted by molar-refractivity contribution is 0.619. The van der Waals surface area contributed by atoms with Gasteiger partial charge < -0.3 is 0 Å². The molecule has 2 rings (SSSR count). The molecule has 0 aliphatic heterocycles. The molecule has 4 heteroatoms. The average Bonchev–Trinajstić information content (AvgIpc) is 2.44. The normalized spacial score (nSPS) is 10.5. The summed E-state index contributed by atoms with van der Waals surface area (Å²) >= 11 is 0. The molecule has 2 aromatic rings. The van der Waals surface area contributed by atoms with Gasteiger partial charge in [-0.05, 0) is 62.6 Å². The number of rotatable bonds is 3. The molecule has 0 amide bonds. The molecule has 1 aromatic heterocycles. The third-order valence-corrected chi connectivity index (χ3v) is 3.32. The number of halogens is 2. The molecule has 1 heterocycles. The fourth-order valence-electron chi connectivity index (χ4n) is 2.24. The average molecular weight is 300 g/mol. The lowest BCUT2D eigenvalue weighted by Crippen LogP contribution is -1.96. The van der Waals surface area contributed by atoms with Crippen molar-refractivity contribution in [1.29, 1.82) is 0 Å². The van der Waals surface area contributed by atoms with E-state index in [0.717, 1.165) is 11.9 Å². The van der Waals surface area contributed by atoms with Crippen LogP contribution in [0.1, 0.15) is 36.2 Å². The molecule has 0 saturated carbocycles. The van der Waals surface area contributed by atoms with Crippen LogP contribution in [0.4, 0.5) is 14.5 Å². The summed E-state index contributed by atoms with van der Waals surface area (Å²) in [7, 11) is 0. The molecule has 0 radical (unpaired) electrons. The van der Waals surface area contributed by atoms with Crippen LogP contribution >= 0.6 is 0 Å². The molecule has 0 bridgehead atoms. The zero-order valence-electron chi connectivity index (χ0n) is 13.2. The van der Waals surface area contributed by atoms with Crippen LogP contribution in [0.3, 0.4) is 0 Å². The van der Waals surface area contributed by atoms with Crippen LogP contribution in [0, 0.1) is 25.5 Å². The van der Waals surface area contributed by atoms with Crippen molar-refractivity contribution in [2.24, 2.45) is 4.99 Å². The molecule has 0 N–H and O–H groups in total. The first-order valence-electron chi connectivity index (χ1n) is 6.93. The molecule has 1 aromatic carbocycles. The number of aryl methyl sites for hydroxylation is 2. The molecule has 2 nitrogen and oxygen atoms in total. The van der Waals surface area contributed by atoms with Gasteiger partial charge in [0.25, 0.3) is 0 Å². The topological polar surface area (TPSA) is 25.2 Å². The van der Waals surface area contributed by atoms with Crippen molar-refractivity contribution in [3.8, 4) is 0 Å². The van der Waals surface area contributed by atoms with Crippen molar-refractivity contribution in [3.05, 3.63) is 65.0 Å². The summed E-state index contributed by atoms with van der Waals surface area (Å²) in [5.74, 6) is -0.860. The Morgan fingerprint density at radius 2 is 1.82 bits per heavy atom. The van der Waals surface area contributed by atoms with E-state index in [-0.39, 0.29) is 0 Å². The van der Waals surface area contributed by atoms with Crippen molar-refractivity contribution in [2.75, 3.05) is 0 Å². The minimum atomic E-state index is -0.443. The third-order valence-electron chi connectivity index (χ3n) is 3.32. The lowest BCUT2D eigenvalue weighted by Gasteiger charge is -2.12. The van der Waals surface area contributed by atoms with Gasteiger partial charge in [0.15, 0.2) is 0 Å². The van der Waals surface area contributed by atoms with Gasteiger partial charge in [-0.1, -0.05) is 6.58 Å². The molecule has 0 aliphatic carbocycles. The molecule has 0 saturated heterocycles. The van der Waals surface area contributed by atoms with E-state index in [1.807, 2.05) is 13.8 Å². The highest BCUT2D eigenvalue weighted by atomic mass is 19.1. The quantitative estimate of drug-likeness (QED) is 0.720. The maximum Gasteiger partial charge on any atom is 0.149 e. The van der Waals surface area contributed by atoms with E-state index in [4.69, 9.17) is 0 Å². The summed E-state index contributed by atoms with van der Waals surface area (Å²) in [4.78, 5) is 8.18. The maximum absolute atomic E-state index is 14.3. The lowest BCUT2D eigenvalue weighted by atomic mass is 9.96. The molecule has 22 heavy (non-hydrogen) atoms. The minimum Gasteiger partial charge on any atom is -0.258 e. The number of aromatic nitrogens is 1. The van der Waals surface area contributed by atoms with E-state index < -0.39 is 11.6 Å². The van der Waals surface area contributed by atoms with Gasteiger partial charge in [0.05, 0.1) is 6.20 Å². The molecule has 0 atom stereocenters. The first kappa shape index (κ1) is 16.0. The Labute approximate surface area is 129 Å². The van der Waals surface area contributed by atoms with Gasteiger partial charge in [-0.3, -0.25) is 9.98 Å². The largest absolute Gasteiger partial charge is 0.258 e. The van der Waals surface area contributed by atoms with Crippen LogP contribution in [0.15, 0.2) is 36.0 Å². The van der Waals surface area contributed by atoms with Gasteiger partial charge in [0, 0.05) is 17.0 Å². The van der Waals surface area contributed by atoms with E-state index in [1.165, 1.54) is 12.1 Å². The fraction of sp³-hybridized carbons (Fsp3) is 0.222. The van der Waals surface area contributed by atoms with Crippen molar-refractivity contribution in [1.82, 2.24) is 4.98 Å². The van der Waals surface area contributed by atoms with E-state index >= 15 is 0 Å². The summed E-state index contributed by atoms with van der Waals surface area (Å²) in [6.45, 7) is 11.1. The molecule has 0 unspecified atom stereocenters. The number of aliphatic imine (C=N–C) groups is 1. The molecular formula is C18H18F2N2. The molecule has 0 fully saturated rings. The van der Waals surface area contributed by atoms with Gasteiger partial charge >= 0.3 is 0 Å². The second-order valence-electron chi connectivity index (χ2n) is 5.45. The summed E-state index contributed by atoms with van der Waals surface area (Å²) in [5, 5.41) is 0. The standard InChI is InChI=1S/C18H18F2N2/c1-10(2)22-18-11(3)6-14(7-17(18)20)12(4)16-8-15(19)9-21-13(16)5/h6-9H,4H2,1-3,5H3. The number of benzene rings is 1. The Hall–Kier alpha value is -2.36. The van der Waals surface area contributed by atoms with Crippen LogP contribution < -0.4 is 0 Å². The Bertz CT molecular complexity index is 750. The van der Waals surface area contributed by atoms with Crippen molar-refractivity contribution < 1.29 is 8.78 Å². The Morgan fingerprint density at radius 1 is 1.14 bits per heavy atom. The van der Waals surface area contributed by atoms with Crippen molar-refractivity contribution in [3.63, 3.8) is 0 Å². The van der Waals surface area contributed by atoms with E-state index in [0.29, 0.717) is 33.6 Å². The second-order valence-corrected chi connectivity index (χ2v) is 5.45. The highest BCUT2D eigenvalue weighted by molar-refractivity contribution is 5.84. The highest BCUT2D eigenvalue weighted by Gasteiger charge is 2.13. The zero-order valence-corrected chi connectivity index (χ0v) is 13.2. The highest BCUT2D eigenvalue weighted by Crippen LogP contribution is 2.31. The Balaban J connectivity index is 2.52. The number of pyridine rings is 1. The fourth-order valence-corrected chi connectivity index (χ4v) is 2.24. The van der Waals surface area contributed by atoms with E-state index in [1.54, 1.807) is 19.9 Å². The first-order chi connectivity index (χ1) is 10.3. The monoisotopic (exact) mass is 300 g/mol. The SMILES string of the molecule is C=C(c1cc(C)c(N=C(C)C)c(F)c1)c1cc(F)cnc1C. The molecule has 0 spiro atoms. The van der Waals surface area contributed by atoms with Gasteiger partial charge in [0.1, 0.15) is 17.3 Å².